The number of hydrogen-bond acceptors (Lipinski definition) is 10. The normalized spacial score (nSPS) is 11.8. The number of esters is 2. The van der Waals surface area contributed by atoms with Crippen molar-refractivity contribution < 1.29 is 28.5 Å². The molecule has 1 aliphatic rings. The molecule has 2 rings (SSSR count). The van der Waals surface area contributed by atoms with E-state index in [1.807, 2.05) is 39.0 Å². The SMILES string of the molecule is CCOC(=O)CCCCCCCCOc1cc(C)c(OCCCCCCCCC(=O)OCC)c2c1SC(=C(C#N)C#N)S2. The van der Waals surface area contributed by atoms with Crippen LogP contribution in [0.2, 0.25) is 0 Å². The fraction of sp³-hybridized carbons (Fsp3) is 0.636. The van der Waals surface area contributed by atoms with Crippen molar-refractivity contribution in [1.29, 1.82) is 10.5 Å². The maximum Gasteiger partial charge on any atom is 0.305 e. The fourth-order valence-electron chi connectivity index (χ4n) is 4.60. The number of aryl methyl sites for hydroxylation is 1. The number of fused-ring (bicyclic) bond motifs is 1. The Morgan fingerprint density at radius 1 is 0.698 bits per heavy atom. The lowest BCUT2D eigenvalue weighted by Crippen LogP contribution is -2.04. The van der Waals surface area contributed by atoms with Crippen LogP contribution in [0.25, 0.3) is 0 Å². The smallest absolute Gasteiger partial charge is 0.305 e. The summed E-state index contributed by atoms with van der Waals surface area (Å²) in [6.07, 6.45) is 13.1. The molecule has 0 unspecified atom stereocenters. The highest BCUT2D eigenvalue weighted by molar-refractivity contribution is 8.24. The number of nitriles is 2. The van der Waals surface area contributed by atoms with Crippen molar-refractivity contribution in [3.05, 3.63) is 21.4 Å². The van der Waals surface area contributed by atoms with Gasteiger partial charge >= 0.3 is 11.9 Å². The highest BCUT2D eigenvalue weighted by Gasteiger charge is 2.30. The Balaban J connectivity index is 1.83. The van der Waals surface area contributed by atoms with E-state index in [-0.39, 0.29) is 17.5 Å². The number of ether oxygens (including phenoxy) is 4. The molecule has 8 nitrogen and oxygen atoms in total. The number of rotatable bonds is 22. The second kappa shape index (κ2) is 21.8. The van der Waals surface area contributed by atoms with Gasteiger partial charge in [-0.25, -0.2) is 0 Å². The maximum atomic E-state index is 11.4. The maximum absolute atomic E-state index is 11.4. The average Bonchev–Trinajstić information content (AvgIpc) is 3.42. The third kappa shape index (κ3) is 13.6. The summed E-state index contributed by atoms with van der Waals surface area (Å²) in [5.41, 5.74) is 1.07. The lowest BCUT2D eigenvalue weighted by Gasteiger charge is -2.16. The van der Waals surface area contributed by atoms with Crippen LogP contribution in [0.4, 0.5) is 0 Å². The summed E-state index contributed by atoms with van der Waals surface area (Å²) in [5, 5.41) is 18.9. The van der Waals surface area contributed by atoms with E-state index in [1.54, 1.807) is 0 Å². The van der Waals surface area contributed by atoms with Crippen molar-refractivity contribution in [2.45, 2.75) is 120 Å². The minimum absolute atomic E-state index is 0.103. The molecular formula is C33H46N2O6S2. The van der Waals surface area contributed by atoms with Gasteiger partial charge in [-0.1, -0.05) is 74.9 Å². The molecule has 1 aliphatic heterocycles. The third-order valence-electron chi connectivity index (χ3n) is 6.82. The molecule has 0 saturated heterocycles. The number of benzene rings is 1. The summed E-state index contributed by atoms with van der Waals surface area (Å²) in [4.78, 5) is 24.7. The van der Waals surface area contributed by atoms with Crippen molar-refractivity contribution in [2.75, 3.05) is 26.4 Å². The highest BCUT2D eigenvalue weighted by Crippen LogP contribution is 2.59. The van der Waals surface area contributed by atoms with Gasteiger partial charge in [0.2, 0.25) is 0 Å². The molecule has 0 spiro atoms. The van der Waals surface area contributed by atoms with Crippen LogP contribution in [-0.4, -0.2) is 38.4 Å². The van der Waals surface area contributed by atoms with Gasteiger partial charge < -0.3 is 18.9 Å². The molecule has 43 heavy (non-hydrogen) atoms. The van der Waals surface area contributed by atoms with Crippen LogP contribution in [0.1, 0.15) is 109 Å². The highest BCUT2D eigenvalue weighted by atomic mass is 32.2. The zero-order valence-electron chi connectivity index (χ0n) is 26.0. The molecule has 0 aliphatic carbocycles. The van der Waals surface area contributed by atoms with E-state index in [1.165, 1.54) is 23.5 Å². The van der Waals surface area contributed by atoms with Gasteiger partial charge in [0.25, 0.3) is 0 Å². The van der Waals surface area contributed by atoms with Crippen LogP contribution in [0.5, 0.6) is 11.5 Å². The van der Waals surface area contributed by atoms with Gasteiger partial charge in [-0.05, 0) is 58.1 Å². The van der Waals surface area contributed by atoms with E-state index >= 15 is 0 Å². The van der Waals surface area contributed by atoms with Gasteiger partial charge in [0.05, 0.1) is 40.5 Å². The summed E-state index contributed by atoms with van der Waals surface area (Å²) < 4.78 is 23.1. The summed E-state index contributed by atoms with van der Waals surface area (Å²) in [6.45, 7) is 7.70. The number of carbonyl (C=O) groups is 2. The summed E-state index contributed by atoms with van der Waals surface area (Å²) in [6, 6.07) is 6.03. The van der Waals surface area contributed by atoms with E-state index in [9.17, 15) is 20.1 Å². The Morgan fingerprint density at radius 2 is 1.16 bits per heavy atom. The topological polar surface area (TPSA) is 119 Å². The first kappa shape index (κ1) is 36.4. The first-order valence-electron chi connectivity index (χ1n) is 15.6. The Morgan fingerprint density at radius 3 is 1.67 bits per heavy atom. The molecule has 1 heterocycles. The van der Waals surface area contributed by atoms with Crippen molar-refractivity contribution in [3.8, 4) is 23.6 Å². The van der Waals surface area contributed by atoms with E-state index in [0.29, 0.717) is 43.5 Å². The Kier molecular flexibility index (Phi) is 18.4. The first-order valence-corrected chi connectivity index (χ1v) is 17.2. The van der Waals surface area contributed by atoms with E-state index < -0.39 is 0 Å². The minimum Gasteiger partial charge on any atom is -0.492 e. The second-order valence-corrected chi connectivity index (χ2v) is 12.6. The van der Waals surface area contributed by atoms with Gasteiger partial charge in [-0.3, -0.25) is 9.59 Å². The molecule has 0 saturated carbocycles. The summed E-state index contributed by atoms with van der Waals surface area (Å²) in [5.74, 6) is 1.33. The van der Waals surface area contributed by atoms with Crippen LogP contribution >= 0.6 is 23.5 Å². The van der Waals surface area contributed by atoms with Crippen molar-refractivity contribution >= 4 is 35.5 Å². The number of unbranched alkanes of at least 4 members (excludes halogenated alkanes) is 10. The number of thioether (sulfide) groups is 2. The number of allylic oxidation sites excluding steroid dienone is 1. The standard InChI is InChI=1S/C33H46N2O6S2/c1-4-38-28(36)18-14-10-6-8-12-16-20-40-27-22-25(3)30(32-31(27)42-33(43-32)26(23-34)24-35)41-21-17-13-9-7-11-15-19-29(37)39-5-2/h22H,4-21H2,1-3H3. The van der Waals surface area contributed by atoms with Crippen LogP contribution in [-0.2, 0) is 19.1 Å². The van der Waals surface area contributed by atoms with Crippen LogP contribution < -0.4 is 9.47 Å². The molecule has 1 aromatic carbocycles. The quantitative estimate of drug-likeness (QED) is 0.0698. The molecule has 0 aromatic heterocycles. The third-order valence-corrected chi connectivity index (χ3v) is 9.44. The fourth-order valence-corrected chi connectivity index (χ4v) is 7.19. The molecule has 0 bridgehead atoms. The number of nitrogens with zero attached hydrogens (tertiary/aromatic N) is 2. The predicted octanol–water partition coefficient (Wildman–Crippen LogP) is 8.80. The number of hydrogen-bond donors (Lipinski definition) is 0. The predicted molar refractivity (Wildman–Crippen MR) is 170 cm³/mol. The lowest BCUT2D eigenvalue weighted by atomic mass is 10.1. The number of carbonyl (C=O) groups excluding carboxylic acids is 2. The minimum atomic E-state index is -0.114. The molecule has 0 atom stereocenters. The average molecular weight is 631 g/mol. The lowest BCUT2D eigenvalue weighted by molar-refractivity contribution is -0.144. The summed E-state index contributed by atoms with van der Waals surface area (Å²) in [7, 11) is 0. The van der Waals surface area contributed by atoms with Crippen molar-refractivity contribution in [1.82, 2.24) is 0 Å². The van der Waals surface area contributed by atoms with Crippen LogP contribution in [0.15, 0.2) is 25.7 Å². The Bertz CT molecular complexity index is 1140. The van der Waals surface area contributed by atoms with Crippen LogP contribution in [0.3, 0.4) is 0 Å². The monoisotopic (exact) mass is 630 g/mol. The van der Waals surface area contributed by atoms with Gasteiger partial charge in [0.15, 0.2) is 0 Å². The molecule has 0 radical (unpaired) electrons. The van der Waals surface area contributed by atoms with Crippen molar-refractivity contribution in [3.63, 3.8) is 0 Å². The first-order chi connectivity index (χ1) is 20.9. The molecule has 0 N–H and O–H groups in total. The molecule has 236 valence electrons. The Labute approximate surface area is 265 Å². The van der Waals surface area contributed by atoms with Gasteiger partial charge in [0.1, 0.15) is 29.2 Å². The zero-order chi connectivity index (χ0) is 31.3. The second-order valence-electron chi connectivity index (χ2n) is 10.3. The van der Waals surface area contributed by atoms with E-state index in [4.69, 9.17) is 18.9 Å². The Hall–Kier alpha value is -2.82. The molecule has 1 aromatic rings. The zero-order valence-corrected chi connectivity index (χ0v) is 27.6. The largest absolute Gasteiger partial charge is 0.492 e. The molecular weight excluding hydrogens is 585 g/mol. The van der Waals surface area contributed by atoms with E-state index in [0.717, 1.165) is 104 Å². The molecule has 10 heteroatoms. The van der Waals surface area contributed by atoms with Crippen LogP contribution in [0, 0.1) is 29.6 Å². The summed E-state index contributed by atoms with van der Waals surface area (Å²) >= 11 is 2.82. The van der Waals surface area contributed by atoms with E-state index in [2.05, 4.69) is 0 Å². The van der Waals surface area contributed by atoms with Gasteiger partial charge in [-0.15, -0.1) is 0 Å². The molecule has 0 amide bonds. The molecule has 0 fully saturated rings. The van der Waals surface area contributed by atoms with Crippen molar-refractivity contribution in [2.24, 2.45) is 0 Å². The van der Waals surface area contributed by atoms with Gasteiger partial charge in [0, 0.05) is 12.8 Å². The van der Waals surface area contributed by atoms with Gasteiger partial charge in [-0.2, -0.15) is 10.5 Å².